The van der Waals surface area contributed by atoms with Crippen molar-refractivity contribution < 1.29 is 0 Å². The van der Waals surface area contributed by atoms with E-state index in [1.165, 1.54) is 90.7 Å². The molecule has 0 aliphatic heterocycles. The first-order chi connectivity index (χ1) is 28.3. The van der Waals surface area contributed by atoms with Gasteiger partial charge in [0, 0.05) is 64.7 Å². The maximum absolute atomic E-state index is 5.51. The van der Waals surface area contributed by atoms with Crippen LogP contribution in [0.1, 0.15) is 0 Å². The van der Waals surface area contributed by atoms with E-state index in [9.17, 15) is 0 Å². The predicted molar refractivity (Wildman–Crippen MR) is 244 cm³/mol. The summed E-state index contributed by atoms with van der Waals surface area (Å²) in [5, 5.41) is 15.0. The van der Waals surface area contributed by atoms with Gasteiger partial charge in [-0.2, -0.15) is 0 Å². The van der Waals surface area contributed by atoms with Gasteiger partial charge in [0.1, 0.15) is 4.83 Å². The zero-order valence-electron chi connectivity index (χ0n) is 30.6. The third kappa shape index (κ3) is 4.22. The summed E-state index contributed by atoms with van der Waals surface area (Å²) in [6.07, 6.45) is 0. The SMILES string of the molecule is c1ccc(-n2c3ccccc3c3ccc4c(c5c6ccccc6sc5n4-c4cccc(-c5nc6ccccc6c6c7ccccc7c7ccccc7c56)c4)c32)cc1. The molecule has 0 unspecified atom stereocenters. The summed E-state index contributed by atoms with van der Waals surface area (Å²) in [5.74, 6) is 0. The molecule has 13 aromatic rings. The number of para-hydroxylation sites is 3. The topological polar surface area (TPSA) is 22.8 Å². The van der Waals surface area contributed by atoms with Crippen LogP contribution in [-0.4, -0.2) is 14.1 Å². The van der Waals surface area contributed by atoms with Crippen LogP contribution in [0.3, 0.4) is 0 Å². The molecular formula is C53H31N3S. The molecule has 4 heteroatoms. The molecule has 0 radical (unpaired) electrons. The Bertz CT molecular complexity index is 3810. The van der Waals surface area contributed by atoms with E-state index in [-0.39, 0.29) is 0 Å². The number of hydrogen-bond acceptors (Lipinski definition) is 2. The maximum atomic E-state index is 5.51. The molecule has 0 spiro atoms. The quantitative estimate of drug-likeness (QED) is 0.165. The van der Waals surface area contributed by atoms with Gasteiger partial charge in [0.15, 0.2) is 0 Å². The normalized spacial score (nSPS) is 12.2. The van der Waals surface area contributed by atoms with Crippen LogP contribution in [0.25, 0.3) is 119 Å². The number of thiophene rings is 1. The molecule has 0 N–H and O–H groups in total. The molecule has 0 fully saturated rings. The Hall–Kier alpha value is -7.27. The van der Waals surface area contributed by atoms with Gasteiger partial charge in [-0.25, -0.2) is 4.98 Å². The number of hydrogen-bond donors (Lipinski definition) is 0. The highest BCUT2D eigenvalue weighted by Gasteiger charge is 2.24. The highest BCUT2D eigenvalue weighted by molar-refractivity contribution is 7.25. The lowest BCUT2D eigenvalue weighted by atomic mass is 9.90. The van der Waals surface area contributed by atoms with Gasteiger partial charge < -0.3 is 9.13 Å². The van der Waals surface area contributed by atoms with Gasteiger partial charge in [-0.15, -0.1) is 11.3 Å². The lowest BCUT2D eigenvalue weighted by molar-refractivity contribution is 1.18. The fourth-order valence-corrected chi connectivity index (χ4v) is 11.0. The standard InChI is InChI=1S/C53H31N3S/c1-2-16-33(17-3-1)55-44-27-12-9-21-37(44)40-29-30-45-50(52(40)55)49-42-25-10-13-28-46(42)57-53(49)56(45)34-18-14-15-32(31-34)51-48-39-23-7-5-20-36(39)35-19-4-6-22-38(35)47(48)41-24-8-11-26-43(41)54-51/h1-31H. The van der Waals surface area contributed by atoms with E-state index in [0.29, 0.717) is 0 Å². The second-order valence-corrected chi connectivity index (χ2v) is 16.1. The van der Waals surface area contributed by atoms with Gasteiger partial charge in [-0.05, 0) is 70.1 Å². The van der Waals surface area contributed by atoms with E-state index >= 15 is 0 Å². The minimum absolute atomic E-state index is 1.00. The van der Waals surface area contributed by atoms with Crippen molar-refractivity contribution >= 4 is 108 Å². The van der Waals surface area contributed by atoms with Crippen molar-refractivity contribution in [3.05, 3.63) is 188 Å². The highest BCUT2D eigenvalue weighted by Crippen LogP contribution is 2.48. The molecule has 57 heavy (non-hydrogen) atoms. The van der Waals surface area contributed by atoms with Crippen molar-refractivity contribution in [1.82, 2.24) is 14.1 Å². The lowest BCUT2D eigenvalue weighted by Gasteiger charge is -2.17. The van der Waals surface area contributed by atoms with E-state index in [4.69, 9.17) is 4.98 Å². The summed E-state index contributed by atoms with van der Waals surface area (Å²) >= 11 is 1.87. The molecule has 13 rings (SSSR count). The summed E-state index contributed by atoms with van der Waals surface area (Å²) in [6, 6.07) is 68.6. The Balaban J connectivity index is 1.17. The molecule has 9 aromatic carbocycles. The van der Waals surface area contributed by atoms with Gasteiger partial charge in [-0.3, -0.25) is 0 Å². The van der Waals surface area contributed by atoms with E-state index < -0.39 is 0 Å². The Morgan fingerprint density at radius 3 is 1.81 bits per heavy atom. The Kier molecular flexibility index (Phi) is 6.32. The molecule has 4 aromatic heterocycles. The van der Waals surface area contributed by atoms with Gasteiger partial charge in [-0.1, -0.05) is 140 Å². The minimum Gasteiger partial charge on any atom is -0.309 e. The van der Waals surface area contributed by atoms with Gasteiger partial charge >= 0.3 is 0 Å². The summed E-state index contributed by atoms with van der Waals surface area (Å²) in [5.41, 5.74) is 9.02. The largest absolute Gasteiger partial charge is 0.309 e. The van der Waals surface area contributed by atoms with E-state index in [2.05, 4.69) is 197 Å². The van der Waals surface area contributed by atoms with Crippen molar-refractivity contribution in [1.29, 1.82) is 0 Å². The van der Waals surface area contributed by atoms with Crippen LogP contribution < -0.4 is 0 Å². The number of fused-ring (bicyclic) bond motifs is 17. The molecule has 0 amide bonds. The van der Waals surface area contributed by atoms with Gasteiger partial charge in [0.2, 0.25) is 0 Å². The Morgan fingerprint density at radius 2 is 1.00 bits per heavy atom. The number of rotatable bonds is 3. The molecule has 0 bridgehead atoms. The van der Waals surface area contributed by atoms with Crippen LogP contribution in [0.5, 0.6) is 0 Å². The van der Waals surface area contributed by atoms with Crippen molar-refractivity contribution in [3.63, 3.8) is 0 Å². The first-order valence-corrected chi connectivity index (χ1v) is 20.3. The van der Waals surface area contributed by atoms with Crippen molar-refractivity contribution in [2.24, 2.45) is 0 Å². The fourth-order valence-electron chi connectivity index (χ4n) is 9.75. The second kappa shape index (κ2) is 11.6. The van der Waals surface area contributed by atoms with E-state index in [0.717, 1.165) is 28.1 Å². The van der Waals surface area contributed by atoms with Crippen molar-refractivity contribution in [2.45, 2.75) is 0 Å². The average molecular weight is 742 g/mol. The molecule has 0 aliphatic rings. The minimum atomic E-state index is 1.00. The molecule has 0 saturated carbocycles. The van der Waals surface area contributed by atoms with Crippen LogP contribution in [0.15, 0.2) is 188 Å². The number of benzene rings is 9. The summed E-state index contributed by atoms with van der Waals surface area (Å²) in [6.45, 7) is 0. The summed E-state index contributed by atoms with van der Waals surface area (Å²) in [4.78, 5) is 6.76. The Morgan fingerprint density at radius 1 is 0.368 bits per heavy atom. The second-order valence-electron chi connectivity index (χ2n) is 15.0. The molecule has 264 valence electrons. The van der Waals surface area contributed by atoms with Crippen molar-refractivity contribution in [2.75, 3.05) is 0 Å². The highest BCUT2D eigenvalue weighted by atomic mass is 32.1. The first kappa shape index (κ1) is 31.0. The third-order valence-electron chi connectivity index (χ3n) is 12.1. The third-order valence-corrected chi connectivity index (χ3v) is 13.2. The predicted octanol–water partition coefficient (Wildman–Crippen LogP) is 14.8. The van der Waals surface area contributed by atoms with Crippen LogP contribution in [0, 0.1) is 0 Å². The molecule has 4 heterocycles. The van der Waals surface area contributed by atoms with E-state index in [1.807, 2.05) is 11.3 Å². The number of pyridine rings is 1. The van der Waals surface area contributed by atoms with Crippen LogP contribution >= 0.6 is 11.3 Å². The zero-order chi connectivity index (χ0) is 37.2. The summed E-state index contributed by atoms with van der Waals surface area (Å²) in [7, 11) is 0. The van der Waals surface area contributed by atoms with Crippen LogP contribution in [-0.2, 0) is 0 Å². The molecular weight excluding hydrogens is 711 g/mol. The number of nitrogens with zero attached hydrogens (tertiary/aromatic N) is 3. The first-order valence-electron chi connectivity index (χ1n) is 19.5. The molecule has 0 saturated heterocycles. The lowest BCUT2D eigenvalue weighted by Crippen LogP contribution is -1.96. The van der Waals surface area contributed by atoms with Gasteiger partial charge in [0.05, 0.1) is 27.8 Å². The maximum Gasteiger partial charge on any atom is 0.109 e. The Labute approximate surface area is 330 Å². The van der Waals surface area contributed by atoms with Crippen molar-refractivity contribution in [3.8, 4) is 22.6 Å². The number of aromatic nitrogens is 3. The molecule has 0 atom stereocenters. The molecule has 3 nitrogen and oxygen atoms in total. The monoisotopic (exact) mass is 741 g/mol. The van der Waals surface area contributed by atoms with E-state index in [1.54, 1.807) is 0 Å². The zero-order valence-corrected chi connectivity index (χ0v) is 31.5. The van der Waals surface area contributed by atoms with Gasteiger partial charge in [0.25, 0.3) is 0 Å². The average Bonchev–Trinajstić information content (AvgIpc) is 3.93. The summed E-state index contributed by atoms with van der Waals surface area (Å²) < 4.78 is 6.26. The van der Waals surface area contributed by atoms with Crippen LogP contribution in [0.4, 0.5) is 0 Å². The molecule has 0 aliphatic carbocycles. The fraction of sp³-hybridized carbons (Fsp3) is 0. The smallest absolute Gasteiger partial charge is 0.109 e. The van der Waals surface area contributed by atoms with Crippen LogP contribution in [0.2, 0.25) is 0 Å².